The molecule has 1 heterocycles. The molecule has 11 N–H and O–H groups in total. The van der Waals surface area contributed by atoms with Crippen LogP contribution in [0.2, 0.25) is 0 Å². The van der Waals surface area contributed by atoms with Crippen molar-refractivity contribution in [2.75, 3.05) is 89.4 Å². The molecule has 2 saturated carbocycles. The number of imide groups is 1. The molecular formula is C71H109N11O15S. The minimum atomic E-state index is -4.13. The Hall–Kier alpha value is -6.46. The molecule has 0 spiro atoms. The van der Waals surface area contributed by atoms with Crippen molar-refractivity contribution in [3.05, 3.63) is 70.0 Å². The van der Waals surface area contributed by atoms with Crippen LogP contribution in [-0.4, -0.2) is 166 Å². The predicted octanol–water partition coefficient (Wildman–Crippen LogP) is 5.76. The number of aromatic nitrogens is 3. The van der Waals surface area contributed by atoms with Gasteiger partial charge in [0.1, 0.15) is 30.5 Å². The van der Waals surface area contributed by atoms with Crippen LogP contribution in [0.1, 0.15) is 191 Å². The van der Waals surface area contributed by atoms with E-state index in [2.05, 4.69) is 75.1 Å². The first kappa shape index (κ1) is 77.3. The Kier molecular flexibility index (Phi) is 27.8. The number of nitrogens with one attached hydrogen (secondary N) is 6. The summed E-state index contributed by atoms with van der Waals surface area (Å²) >= 11 is 0. The van der Waals surface area contributed by atoms with Crippen molar-refractivity contribution in [1.82, 2.24) is 41.6 Å². The summed E-state index contributed by atoms with van der Waals surface area (Å²) in [5.41, 5.74) is 18.2. The lowest BCUT2D eigenvalue weighted by Gasteiger charge is -2.56. The Morgan fingerprint density at radius 3 is 1.88 bits per heavy atom. The second kappa shape index (κ2) is 35.2. The molecule has 26 nitrogen and oxygen atoms in total. The van der Waals surface area contributed by atoms with Gasteiger partial charge < -0.3 is 61.7 Å². The van der Waals surface area contributed by atoms with E-state index in [1.54, 1.807) is 20.8 Å². The van der Waals surface area contributed by atoms with Crippen LogP contribution in [-0.2, 0) is 104 Å². The number of benzene rings is 2. The van der Waals surface area contributed by atoms with Crippen molar-refractivity contribution >= 4 is 62.8 Å². The molecule has 0 radical (unpaired) electrons. The summed E-state index contributed by atoms with van der Waals surface area (Å²) in [6.07, 6.45) is 13.5. The number of anilines is 2. The first-order valence-electron chi connectivity index (χ1n) is 35.6. The van der Waals surface area contributed by atoms with Gasteiger partial charge in [0, 0.05) is 30.9 Å². The molecule has 2 fully saturated rings. The zero-order valence-electron chi connectivity index (χ0n) is 58.7. The van der Waals surface area contributed by atoms with Crippen LogP contribution in [0.4, 0.5) is 11.4 Å². The van der Waals surface area contributed by atoms with Gasteiger partial charge in [-0.3, -0.25) is 43.4 Å². The second-order valence-corrected chi connectivity index (χ2v) is 30.5. The number of hydrogen-bond donors (Lipinski definition) is 9. The first-order valence-corrected chi connectivity index (χ1v) is 37.2. The van der Waals surface area contributed by atoms with Crippen molar-refractivity contribution in [3.8, 4) is 0 Å². The SMILES string of the molecule is CC(C)[C@H](NC(=O)[C@H](N)CCCCNC(=O)COC1CCCCCc2c1nnn2CCOCCOCCOCCOCCC(=O)NCCS(=O)(=O)O)C(=O)N[C@@H](C)C(=O)Nc1ccc2c(c1)[C@@]1(C)CCC[C@](C)(C(=O)NC(=O)[C@@]3(C)CCC[C@]4(C)c5cc(N)ccc5CC[C@@H]34)[C@@H]1CC2. The van der Waals surface area contributed by atoms with Crippen LogP contribution in [0.15, 0.2) is 36.4 Å². The molecule has 7 amide bonds. The van der Waals surface area contributed by atoms with Gasteiger partial charge in [-0.1, -0.05) is 84.6 Å². The Morgan fingerprint density at radius 1 is 0.663 bits per heavy atom. The topological polar surface area (TPSA) is 375 Å². The highest BCUT2D eigenvalue weighted by atomic mass is 32.2. The van der Waals surface area contributed by atoms with Crippen LogP contribution in [0.5, 0.6) is 0 Å². The summed E-state index contributed by atoms with van der Waals surface area (Å²) in [5.74, 6) is -3.41. The van der Waals surface area contributed by atoms with E-state index in [9.17, 15) is 42.0 Å². The number of hydrogen-bond acceptors (Lipinski definition) is 18. The summed E-state index contributed by atoms with van der Waals surface area (Å²) in [6.45, 7) is 16.8. The molecule has 27 heteroatoms. The maximum absolute atomic E-state index is 14.8. The van der Waals surface area contributed by atoms with E-state index in [-0.39, 0.29) is 79.6 Å². The highest BCUT2D eigenvalue weighted by molar-refractivity contribution is 7.85. The molecule has 1 aromatic heterocycles. The number of nitrogen functional groups attached to an aromatic ring is 1. The molecule has 98 heavy (non-hydrogen) atoms. The third kappa shape index (κ3) is 20.0. The fraction of sp³-hybridized carbons (Fsp3) is 0.704. The third-order valence-corrected chi connectivity index (χ3v) is 22.3. The maximum atomic E-state index is 14.8. The minimum Gasteiger partial charge on any atom is -0.399 e. The normalized spacial score (nSPS) is 24.5. The quantitative estimate of drug-likeness (QED) is 0.0146. The highest BCUT2D eigenvalue weighted by Gasteiger charge is 2.58. The van der Waals surface area contributed by atoms with E-state index in [0.717, 1.165) is 105 Å². The van der Waals surface area contributed by atoms with Crippen molar-refractivity contribution in [1.29, 1.82) is 0 Å². The molecule has 3 aromatic rings. The number of amides is 7. The lowest BCUT2D eigenvalue weighted by Crippen LogP contribution is -2.60. The summed E-state index contributed by atoms with van der Waals surface area (Å²) < 4.78 is 60.3. The number of ether oxygens (including phenoxy) is 5. The van der Waals surface area contributed by atoms with Crippen molar-refractivity contribution in [3.63, 3.8) is 0 Å². The fourth-order valence-electron chi connectivity index (χ4n) is 16.1. The van der Waals surface area contributed by atoms with Crippen LogP contribution in [0.25, 0.3) is 0 Å². The van der Waals surface area contributed by atoms with Gasteiger partial charge in [-0.15, -0.1) is 5.10 Å². The van der Waals surface area contributed by atoms with Crippen LogP contribution >= 0.6 is 0 Å². The summed E-state index contributed by atoms with van der Waals surface area (Å²) in [6, 6.07) is 9.25. The van der Waals surface area contributed by atoms with Crippen molar-refractivity contribution < 1.29 is 70.2 Å². The number of unbranched alkanes of at least 4 members (excludes halogenated alkanes) is 1. The van der Waals surface area contributed by atoms with Crippen molar-refractivity contribution in [2.45, 2.75) is 212 Å². The zero-order valence-corrected chi connectivity index (χ0v) is 59.5. The Morgan fingerprint density at radius 2 is 1.26 bits per heavy atom. The van der Waals surface area contributed by atoms with E-state index in [4.69, 9.17) is 39.7 Å². The van der Waals surface area contributed by atoms with Gasteiger partial charge >= 0.3 is 0 Å². The van der Waals surface area contributed by atoms with Crippen molar-refractivity contribution in [2.24, 2.45) is 34.3 Å². The molecule has 0 aliphatic heterocycles. The molecule has 544 valence electrons. The first-order chi connectivity index (χ1) is 46.7. The average molecular weight is 1390 g/mol. The maximum Gasteiger partial charge on any atom is 0.266 e. The van der Waals surface area contributed by atoms with Gasteiger partial charge in [0.25, 0.3) is 10.1 Å². The second-order valence-electron chi connectivity index (χ2n) is 28.9. The summed E-state index contributed by atoms with van der Waals surface area (Å²) in [4.78, 5) is 95.3. The van der Waals surface area contributed by atoms with E-state index < -0.39 is 74.1 Å². The Balaban J connectivity index is 0.708. The average Bonchev–Trinajstić information content (AvgIpc) is 0.836. The van der Waals surface area contributed by atoms with Gasteiger partial charge in [0.05, 0.1) is 87.7 Å². The molecule has 5 aliphatic carbocycles. The summed E-state index contributed by atoms with van der Waals surface area (Å²) in [7, 11) is -4.13. The molecule has 0 bridgehead atoms. The van der Waals surface area contributed by atoms with E-state index in [1.807, 2.05) is 35.9 Å². The van der Waals surface area contributed by atoms with E-state index >= 15 is 0 Å². The van der Waals surface area contributed by atoms with Gasteiger partial charge in [-0.2, -0.15) is 8.42 Å². The molecule has 10 atom stereocenters. The summed E-state index contributed by atoms with van der Waals surface area (Å²) in [5, 5.41) is 25.8. The van der Waals surface area contributed by atoms with Crippen LogP contribution < -0.4 is 43.4 Å². The smallest absolute Gasteiger partial charge is 0.266 e. The number of fused-ring (bicyclic) bond motifs is 7. The Bertz CT molecular complexity index is 3370. The number of nitrogens with zero attached hydrogens (tertiary/aromatic N) is 3. The van der Waals surface area contributed by atoms with E-state index in [1.165, 1.54) is 11.1 Å². The number of rotatable bonds is 35. The lowest BCUT2D eigenvalue weighted by atomic mass is 9.49. The van der Waals surface area contributed by atoms with Gasteiger partial charge in [0.15, 0.2) is 0 Å². The molecule has 8 rings (SSSR count). The van der Waals surface area contributed by atoms with E-state index in [0.29, 0.717) is 96.9 Å². The Labute approximate surface area is 577 Å². The zero-order chi connectivity index (χ0) is 70.8. The lowest BCUT2D eigenvalue weighted by molar-refractivity contribution is -0.150. The molecule has 0 saturated heterocycles. The number of carbonyl (C=O) groups is 7. The highest BCUT2D eigenvalue weighted by Crippen LogP contribution is 2.60. The number of aryl methyl sites for hydroxylation is 2. The minimum absolute atomic E-state index is 0.0526. The standard InChI is InChI=1S/C71H109N11O15S/c1-46(2)61(78-64(86)54(73)15-11-12-31-74-60(84)45-97-56-17-10-8-9-16-55-62(56)80-81-82(55)33-35-94-37-39-96-41-40-95-38-36-93-34-26-59(83)75-32-42-98(90,91)92)65(87)76-47(3)63(85)77-51-23-19-49-21-25-58-69(5,53(49)44-51)28-14-30-71(58,7)67(89)79-66(88)70(6)29-13-27-68(4)52-43-50(72)22-18-48(52)20-24-57(68)70/h18-19,22-23,43-44,46-47,54,56-58,61H,8-17,20-21,24-42,45,72-73H2,1-7H3,(H,74,84)(H,75,83)(H,76,87)(H,77,85)(H,78,86)(H,79,88,89)(H,90,91,92)/t47-,54+,56?,57+,58+,61-,68+,69+,70-,71-/m0/s1. The van der Waals surface area contributed by atoms with Gasteiger partial charge in [-0.05, 0) is 172 Å². The third-order valence-electron chi connectivity index (χ3n) is 21.6. The molecule has 1 unspecified atom stereocenters. The molecule has 2 aromatic carbocycles. The predicted molar refractivity (Wildman–Crippen MR) is 369 cm³/mol. The van der Waals surface area contributed by atoms with Gasteiger partial charge in [0.2, 0.25) is 41.4 Å². The van der Waals surface area contributed by atoms with Gasteiger partial charge in [-0.25, -0.2) is 4.68 Å². The largest absolute Gasteiger partial charge is 0.399 e. The number of nitrogens with two attached hydrogens (primary N) is 2. The van der Waals surface area contributed by atoms with Crippen LogP contribution in [0, 0.1) is 28.6 Å². The number of carbonyl (C=O) groups excluding carboxylic acids is 7. The molecule has 5 aliphatic rings. The van der Waals surface area contributed by atoms with Crippen LogP contribution in [0.3, 0.4) is 0 Å². The fourth-order valence-corrected chi connectivity index (χ4v) is 16.4. The molecular weight excluding hydrogens is 1280 g/mol. The monoisotopic (exact) mass is 1390 g/mol.